The summed E-state index contributed by atoms with van der Waals surface area (Å²) in [7, 11) is 1.73. The topological polar surface area (TPSA) is 59.0 Å². The maximum absolute atomic E-state index is 12.4. The van der Waals surface area contributed by atoms with Gasteiger partial charge >= 0.3 is 5.97 Å². The Labute approximate surface area is 138 Å². The number of thiophene rings is 1. The molecule has 5 nitrogen and oxygen atoms in total. The Balaban J connectivity index is 2.01. The van der Waals surface area contributed by atoms with Crippen LogP contribution in [-0.4, -0.2) is 31.2 Å². The van der Waals surface area contributed by atoms with Crippen molar-refractivity contribution < 1.29 is 14.3 Å². The van der Waals surface area contributed by atoms with Crippen molar-refractivity contribution in [3.8, 4) is 0 Å². The highest BCUT2D eigenvalue weighted by Crippen LogP contribution is 2.33. The molecule has 1 amide bonds. The molecule has 0 radical (unpaired) electrons. The summed E-state index contributed by atoms with van der Waals surface area (Å²) in [6.07, 6.45) is 0. The number of ether oxygens (including phenoxy) is 1. The summed E-state index contributed by atoms with van der Waals surface area (Å²) in [4.78, 5) is 30.9. The van der Waals surface area contributed by atoms with E-state index in [0.29, 0.717) is 22.2 Å². The van der Waals surface area contributed by atoms with Crippen molar-refractivity contribution in [1.29, 1.82) is 0 Å². The normalized spacial score (nSPS) is 15.2. The minimum absolute atomic E-state index is 0.144. The Bertz CT molecular complexity index is 823. The number of carbonyl (C=O) groups excluding carboxylic acids is 2. The standard InChI is InChI=1S/C17H16N2O3S/c1-4-22-17(21)15-10(2)9-13(23-15)18-14-11-7-5-6-8-12(11)19(3)16(14)20/h5-9H,4H2,1-3H3. The second-order valence-electron chi connectivity index (χ2n) is 5.16. The van der Waals surface area contributed by atoms with Crippen LogP contribution in [-0.2, 0) is 9.53 Å². The van der Waals surface area contributed by atoms with Gasteiger partial charge in [0.05, 0.1) is 12.3 Å². The molecule has 0 saturated heterocycles. The van der Waals surface area contributed by atoms with Gasteiger partial charge in [-0.2, -0.15) is 0 Å². The number of fused-ring (bicyclic) bond motifs is 1. The zero-order chi connectivity index (χ0) is 16.6. The largest absolute Gasteiger partial charge is 0.462 e. The number of para-hydroxylation sites is 1. The van der Waals surface area contributed by atoms with Crippen LogP contribution >= 0.6 is 11.3 Å². The van der Waals surface area contributed by atoms with E-state index in [1.165, 1.54) is 11.3 Å². The fourth-order valence-corrected chi connectivity index (χ4v) is 3.43. The van der Waals surface area contributed by atoms with E-state index in [0.717, 1.165) is 16.8 Å². The van der Waals surface area contributed by atoms with Gasteiger partial charge in [-0.25, -0.2) is 9.79 Å². The Morgan fingerprint density at radius 3 is 2.83 bits per heavy atom. The smallest absolute Gasteiger partial charge is 0.348 e. The molecule has 0 aliphatic carbocycles. The lowest BCUT2D eigenvalue weighted by atomic mass is 10.1. The number of rotatable bonds is 3. The molecular weight excluding hydrogens is 312 g/mol. The van der Waals surface area contributed by atoms with Crippen molar-refractivity contribution in [1.82, 2.24) is 0 Å². The minimum atomic E-state index is -0.350. The van der Waals surface area contributed by atoms with Crippen molar-refractivity contribution in [3.05, 3.63) is 46.3 Å². The first-order valence-corrected chi connectivity index (χ1v) is 8.08. The first-order valence-electron chi connectivity index (χ1n) is 7.26. The van der Waals surface area contributed by atoms with Crippen molar-refractivity contribution in [2.75, 3.05) is 18.6 Å². The second kappa shape index (κ2) is 5.96. The highest BCUT2D eigenvalue weighted by atomic mass is 32.1. The predicted octanol–water partition coefficient (Wildman–Crippen LogP) is 3.33. The van der Waals surface area contributed by atoms with Gasteiger partial charge in [0.1, 0.15) is 15.6 Å². The first-order chi connectivity index (χ1) is 11.0. The second-order valence-corrected chi connectivity index (χ2v) is 6.19. The fraction of sp³-hybridized carbons (Fsp3) is 0.235. The van der Waals surface area contributed by atoms with Crippen LogP contribution in [0.3, 0.4) is 0 Å². The molecule has 1 aliphatic heterocycles. The van der Waals surface area contributed by atoms with E-state index < -0.39 is 0 Å². The first kappa shape index (κ1) is 15.4. The molecule has 0 spiro atoms. The number of benzene rings is 1. The molecule has 1 aromatic carbocycles. The highest BCUT2D eigenvalue weighted by Gasteiger charge is 2.31. The molecule has 6 heteroatoms. The molecule has 3 rings (SSSR count). The number of aryl methyl sites for hydroxylation is 1. The van der Waals surface area contributed by atoms with Crippen LogP contribution in [0, 0.1) is 6.92 Å². The van der Waals surface area contributed by atoms with Gasteiger partial charge in [0.2, 0.25) is 0 Å². The Kier molecular flexibility index (Phi) is 4.00. The van der Waals surface area contributed by atoms with E-state index in [2.05, 4.69) is 4.99 Å². The molecule has 2 aromatic rings. The predicted molar refractivity (Wildman–Crippen MR) is 91.1 cm³/mol. The van der Waals surface area contributed by atoms with Gasteiger partial charge in [0, 0.05) is 12.6 Å². The number of likely N-dealkylation sites (N-methyl/N-ethyl adjacent to an activating group) is 1. The maximum atomic E-state index is 12.4. The molecule has 23 heavy (non-hydrogen) atoms. The number of amides is 1. The lowest BCUT2D eigenvalue weighted by Gasteiger charge is -2.07. The Morgan fingerprint density at radius 2 is 2.09 bits per heavy atom. The molecule has 2 heterocycles. The number of hydrogen-bond acceptors (Lipinski definition) is 5. The van der Waals surface area contributed by atoms with Crippen LogP contribution < -0.4 is 4.90 Å². The van der Waals surface area contributed by atoms with E-state index in [1.54, 1.807) is 24.9 Å². The molecule has 0 fully saturated rings. The van der Waals surface area contributed by atoms with Gasteiger partial charge in [-0.1, -0.05) is 18.2 Å². The van der Waals surface area contributed by atoms with Crippen LogP contribution in [0.1, 0.15) is 27.7 Å². The number of esters is 1. The van der Waals surface area contributed by atoms with Gasteiger partial charge in [0.25, 0.3) is 5.91 Å². The number of hydrogen-bond donors (Lipinski definition) is 0. The van der Waals surface area contributed by atoms with Crippen LogP contribution in [0.4, 0.5) is 10.7 Å². The summed E-state index contributed by atoms with van der Waals surface area (Å²) < 4.78 is 5.03. The number of anilines is 1. The van der Waals surface area contributed by atoms with E-state index in [1.807, 2.05) is 31.2 Å². The molecule has 118 valence electrons. The van der Waals surface area contributed by atoms with Crippen molar-refractivity contribution >= 4 is 39.6 Å². The minimum Gasteiger partial charge on any atom is -0.462 e. The maximum Gasteiger partial charge on any atom is 0.348 e. The fourth-order valence-electron chi connectivity index (χ4n) is 2.49. The third-order valence-corrected chi connectivity index (χ3v) is 4.73. The van der Waals surface area contributed by atoms with Crippen LogP contribution in [0.2, 0.25) is 0 Å². The van der Waals surface area contributed by atoms with Crippen molar-refractivity contribution in [2.45, 2.75) is 13.8 Å². The van der Waals surface area contributed by atoms with Crippen molar-refractivity contribution in [2.24, 2.45) is 4.99 Å². The summed E-state index contributed by atoms with van der Waals surface area (Å²) in [6.45, 7) is 3.94. The Morgan fingerprint density at radius 1 is 1.35 bits per heavy atom. The molecule has 0 saturated carbocycles. The van der Waals surface area contributed by atoms with Gasteiger partial charge in [-0.15, -0.1) is 11.3 Å². The highest BCUT2D eigenvalue weighted by molar-refractivity contribution is 7.17. The summed E-state index contributed by atoms with van der Waals surface area (Å²) in [5.41, 5.74) is 2.86. The van der Waals surface area contributed by atoms with Gasteiger partial charge in [-0.3, -0.25) is 4.79 Å². The van der Waals surface area contributed by atoms with E-state index in [-0.39, 0.29) is 11.9 Å². The lowest BCUT2D eigenvalue weighted by molar-refractivity contribution is -0.111. The van der Waals surface area contributed by atoms with E-state index in [9.17, 15) is 9.59 Å². The number of nitrogens with zero attached hydrogens (tertiary/aromatic N) is 2. The molecule has 1 aromatic heterocycles. The monoisotopic (exact) mass is 328 g/mol. The van der Waals surface area contributed by atoms with Crippen molar-refractivity contribution in [3.63, 3.8) is 0 Å². The summed E-state index contributed by atoms with van der Waals surface area (Å²) in [5.74, 6) is -0.494. The van der Waals surface area contributed by atoms with Gasteiger partial charge in [-0.05, 0) is 31.5 Å². The SMILES string of the molecule is CCOC(=O)c1sc(N=C2C(=O)N(C)c3ccccc32)cc1C. The third kappa shape index (κ3) is 2.66. The van der Waals surface area contributed by atoms with Crippen LogP contribution in [0.25, 0.3) is 0 Å². The molecule has 0 N–H and O–H groups in total. The van der Waals surface area contributed by atoms with Crippen LogP contribution in [0.5, 0.6) is 0 Å². The van der Waals surface area contributed by atoms with E-state index in [4.69, 9.17) is 4.74 Å². The molecule has 0 unspecified atom stereocenters. The molecule has 0 atom stereocenters. The summed E-state index contributed by atoms with van der Waals surface area (Å²) >= 11 is 1.24. The summed E-state index contributed by atoms with van der Waals surface area (Å²) in [5, 5.41) is 0.624. The lowest BCUT2D eigenvalue weighted by Crippen LogP contribution is -2.25. The molecule has 1 aliphatic rings. The zero-order valence-electron chi connectivity index (χ0n) is 13.1. The quantitative estimate of drug-likeness (QED) is 0.812. The Hall–Kier alpha value is -2.47. The average molecular weight is 328 g/mol. The summed E-state index contributed by atoms with van der Waals surface area (Å²) in [6, 6.07) is 9.34. The van der Waals surface area contributed by atoms with Gasteiger partial charge in [0.15, 0.2) is 0 Å². The number of aliphatic imine (C=N–C) groups is 1. The average Bonchev–Trinajstić information content (AvgIpc) is 3.02. The molecule has 0 bridgehead atoms. The zero-order valence-corrected chi connectivity index (χ0v) is 13.9. The van der Waals surface area contributed by atoms with Gasteiger partial charge < -0.3 is 9.64 Å². The van der Waals surface area contributed by atoms with Crippen LogP contribution in [0.15, 0.2) is 35.3 Å². The molecular formula is C17H16N2O3S. The number of carbonyl (C=O) groups is 2. The van der Waals surface area contributed by atoms with E-state index >= 15 is 0 Å². The third-order valence-electron chi connectivity index (χ3n) is 3.62.